The molecule has 1 saturated carbocycles. The first kappa shape index (κ1) is 20.4. The molecule has 2 N–H and O–H groups in total. The second-order valence-corrected chi connectivity index (χ2v) is 6.71. The van der Waals surface area contributed by atoms with Crippen molar-refractivity contribution >= 4 is 17.8 Å². The highest BCUT2D eigenvalue weighted by molar-refractivity contribution is 5.95. The Morgan fingerprint density at radius 2 is 2.07 bits per heavy atom. The van der Waals surface area contributed by atoms with Crippen molar-refractivity contribution in [3.05, 3.63) is 35.3 Å². The van der Waals surface area contributed by atoms with Crippen LogP contribution in [0.15, 0.2) is 18.3 Å². The highest BCUT2D eigenvalue weighted by Crippen LogP contribution is 2.30. The molecule has 1 aliphatic rings. The molecule has 1 fully saturated rings. The predicted molar refractivity (Wildman–Crippen MR) is 101 cm³/mol. The van der Waals surface area contributed by atoms with E-state index in [9.17, 15) is 14.0 Å². The van der Waals surface area contributed by atoms with Crippen LogP contribution in [0.4, 0.5) is 10.3 Å². The lowest BCUT2D eigenvalue weighted by Crippen LogP contribution is -2.28. The SMILES string of the molecule is COc1cc(C(C)NC(=O)c2cc(C)nc(NC(=O)C3CC3)n2)cnc1OCF. The molecule has 2 amide bonds. The second-order valence-electron chi connectivity index (χ2n) is 6.71. The number of amides is 2. The van der Waals surface area contributed by atoms with Gasteiger partial charge in [-0.25, -0.2) is 19.3 Å². The smallest absolute Gasteiger partial charge is 0.270 e. The molecule has 1 unspecified atom stereocenters. The number of hydrogen-bond acceptors (Lipinski definition) is 7. The van der Waals surface area contributed by atoms with Crippen LogP contribution in [0.1, 0.15) is 47.6 Å². The first-order chi connectivity index (χ1) is 13.9. The number of halogens is 1. The van der Waals surface area contributed by atoms with Crippen LogP contribution in [0.5, 0.6) is 11.6 Å². The minimum atomic E-state index is -1.03. The number of carbonyl (C=O) groups is 2. The number of carbonyl (C=O) groups excluding carboxylic acids is 2. The Hall–Kier alpha value is -3.30. The van der Waals surface area contributed by atoms with E-state index in [1.807, 2.05) is 0 Å². The van der Waals surface area contributed by atoms with Crippen molar-refractivity contribution in [2.45, 2.75) is 32.7 Å². The summed E-state index contributed by atoms with van der Waals surface area (Å²) in [5, 5.41) is 5.45. The van der Waals surface area contributed by atoms with E-state index in [1.165, 1.54) is 19.4 Å². The first-order valence-electron chi connectivity index (χ1n) is 9.11. The van der Waals surface area contributed by atoms with Gasteiger partial charge < -0.3 is 14.8 Å². The number of aryl methyl sites for hydroxylation is 1. The zero-order valence-corrected chi connectivity index (χ0v) is 16.4. The Balaban J connectivity index is 1.72. The zero-order chi connectivity index (χ0) is 21.0. The summed E-state index contributed by atoms with van der Waals surface area (Å²) in [7, 11) is 1.41. The van der Waals surface area contributed by atoms with Crippen molar-refractivity contribution in [1.29, 1.82) is 0 Å². The molecule has 0 aromatic carbocycles. The molecule has 1 atom stereocenters. The second kappa shape index (κ2) is 8.80. The van der Waals surface area contributed by atoms with Crippen molar-refractivity contribution in [1.82, 2.24) is 20.3 Å². The normalized spacial score (nSPS) is 14.1. The fourth-order valence-electron chi connectivity index (χ4n) is 2.64. The molecular weight excluding hydrogens is 381 g/mol. The van der Waals surface area contributed by atoms with Gasteiger partial charge in [0.2, 0.25) is 18.7 Å². The van der Waals surface area contributed by atoms with Gasteiger partial charge in [-0.3, -0.25) is 14.9 Å². The van der Waals surface area contributed by atoms with Crippen molar-refractivity contribution in [2.75, 3.05) is 19.3 Å². The van der Waals surface area contributed by atoms with Crippen LogP contribution in [-0.2, 0) is 4.79 Å². The van der Waals surface area contributed by atoms with Crippen LogP contribution in [0.25, 0.3) is 0 Å². The maximum Gasteiger partial charge on any atom is 0.270 e. The lowest BCUT2D eigenvalue weighted by molar-refractivity contribution is -0.117. The summed E-state index contributed by atoms with van der Waals surface area (Å²) >= 11 is 0. The first-order valence-corrected chi connectivity index (χ1v) is 9.11. The predicted octanol–water partition coefficient (Wildman–Crippen LogP) is 2.33. The number of alkyl halides is 1. The number of nitrogens with one attached hydrogen (secondary N) is 2. The zero-order valence-electron chi connectivity index (χ0n) is 16.4. The highest BCUT2D eigenvalue weighted by Gasteiger charge is 2.30. The Morgan fingerprint density at radius 1 is 1.31 bits per heavy atom. The summed E-state index contributed by atoms with van der Waals surface area (Å²) in [5.74, 6) is -0.181. The number of pyridine rings is 1. The van der Waals surface area contributed by atoms with Crippen LogP contribution in [-0.4, -0.2) is 40.7 Å². The third-order valence-corrected chi connectivity index (χ3v) is 4.37. The highest BCUT2D eigenvalue weighted by atomic mass is 19.1. The maximum atomic E-state index is 12.6. The average Bonchev–Trinajstić information content (AvgIpc) is 3.53. The molecule has 9 nitrogen and oxygen atoms in total. The Bertz CT molecular complexity index is 919. The standard InChI is InChI=1S/C19H22FN5O4/c1-10-6-14(24-19(22-10)25-16(26)12-4-5-12)17(27)23-11(2)13-7-15(28-3)18(21-8-13)29-9-20/h6-8,11-12H,4-5,9H2,1-3H3,(H,23,27)(H,22,24,25,26). The van der Waals surface area contributed by atoms with Gasteiger partial charge in [0.05, 0.1) is 13.2 Å². The lowest BCUT2D eigenvalue weighted by Gasteiger charge is -2.16. The topological polar surface area (TPSA) is 115 Å². The largest absolute Gasteiger partial charge is 0.491 e. The number of ether oxygens (including phenoxy) is 2. The molecule has 1 aliphatic carbocycles. The molecule has 154 valence electrons. The van der Waals surface area contributed by atoms with Crippen LogP contribution < -0.4 is 20.1 Å². The van der Waals surface area contributed by atoms with Crippen LogP contribution in [0.3, 0.4) is 0 Å². The van der Waals surface area contributed by atoms with Gasteiger partial charge in [0.1, 0.15) is 5.69 Å². The van der Waals surface area contributed by atoms with Crippen LogP contribution in [0.2, 0.25) is 0 Å². The van der Waals surface area contributed by atoms with E-state index in [1.54, 1.807) is 19.9 Å². The van der Waals surface area contributed by atoms with Crippen LogP contribution in [0, 0.1) is 12.8 Å². The van der Waals surface area contributed by atoms with E-state index in [4.69, 9.17) is 9.47 Å². The lowest BCUT2D eigenvalue weighted by atomic mass is 10.1. The van der Waals surface area contributed by atoms with Gasteiger partial charge in [0, 0.05) is 17.8 Å². The molecular formula is C19H22FN5O4. The molecule has 2 aromatic heterocycles. The monoisotopic (exact) mass is 403 g/mol. The summed E-state index contributed by atoms with van der Waals surface area (Å²) in [5.41, 5.74) is 1.32. The van der Waals surface area contributed by atoms with E-state index < -0.39 is 18.8 Å². The van der Waals surface area contributed by atoms with Gasteiger partial charge in [0.25, 0.3) is 11.8 Å². The van der Waals surface area contributed by atoms with E-state index in [0.29, 0.717) is 11.3 Å². The van der Waals surface area contributed by atoms with Gasteiger partial charge >= 0.3 is 0 Å². The van der Waals surface area contributed by atoms with Gasteiger partial charge in [0.15, 0.2) is 5.75 Å². The third-order valence-electron chi connectivity index (χ3n) is 4.37. The molecule has 0 bridgehead atoms. The van der Waals surface area contributed by atoms with E-state index in [0.717, 1.165) is 12.8 Å². The number of nitrogens with zero attached hydrogens (tertiary/aromatic N) is 3. The molecule has 10 heteroatoms. The summed E-state index contributed by atoms with van der Waals surface area (Å²) in [4.78, 5) is 36.9. The molecule has 29 heavy (non-hydrogen) atoms. The summed E-state index contributed by atoms with van der Waals surface area (Å²) in [6, 6.07) is 2.70. The van der Waals surface area contributed by atoms with Crippen molar-refractivity contribution in [2.24, 2.45) is 5.92 Å². The Morgan fingerprint density at radius 3 is 2.72 bits per heavy atom. The maximum absolute atomic E-state index is 12.6. The van der Waals surface area contributed by atoms with Crippen molar-refractivity contribution in [3.63, 3.8) is 0 Å². The molecule has 0 spiro atoms. The summed E-state index contributed by atoms with van der Waals surface area (Å²) in [6.07, 6.45) is 3.18. The fraction of sp³-hybridized carbons (Fsp3) is 0.421. The number of hydrogen-bond donors (Lipinski definition) is 2. The molecule has 0 radical (unpaired) electrons. The van der Waals surface area contributed by atoms with E-state index >= 15 is 0 Å². The number of aromatic nitrogens is 3. The third kappa shape index (κ3) is 5.15. The number of methoxy groups -OCH3 is 1. The minimum absolute atomic E-state index is 0.00300. The Labute approximate surface area is 167 Å². The Kier molecular flexibility index (Phi) is 6.20. The molecule has 0 aliphatic heterocycles. The van der Waals surface area contributed by atoms with Gasteiger partial charge in [-0.05, 0) is 44.4 Å². The van der Waals surface area contributed by atoms with Gasteiger partial charge in [-0.15, -0.1) is 0 Å². The molecule has 0 saturated heterocycles. The number of rotatable bonds is 8. The summed E-state index contributed by atoms with van der Waals surface area (Å²) in [6.45, 7) is 2.45. The molecule has 2 aromatic rings. The van der Waals surface area contributed by atoms with E-state index in [2.05, 4.69) is 25.6 Å². The van der Waals surface area contributed by atoms with Crippen molar-refractivity contribution in [3.8, 4) is 11.6 Å². The van der Waals surface area contributed by atoms with Gasteiger partial charge in [-0.2, -0.15) is 0 Å². The fourth-order valence-corrected chi connectivity index (χ4v) is 2.64. The van der Waals surface area contributed by atoms with Crippen molar-refractivity contribution < 1.29 is 23.5 Å². The summed E-state index contributed by atoms with van der Waals surface area (Å²) < 4.78 is 22.3. The average molecular weight is 403 g/mol. The van der Waals surface area contributed by atoms with E-state index in [-0.39, 0.29) is 35.1 Å². The van der Waals surface area contributed by atoms with Gasteiger partial charge in [-0.1, -0.05) is 0 Å². The molecule has 3 rings (SSSR count). The molecule has 2 heterocycles. The van der Waals surface area contributed by atoms with Crippen LogP contribution >= 0.6 is 0 Å². The minimum Gasteiger partial charge on any atom is -0.491 e. The quantitative estimate of drug-likeness (QED) is 0.695. The number of anilines is 1.